The molecule has 1 aromatic heterocycles. The Labute approximate surface area is 110 Å². The molecule has 0 fully saturated rings. The van der Waals surface area contributed by atoms with Gasteiger partial charge in [0.15, 0.2) is 6.10 Å². The Morgan fingerprint density at radius 3 is 2.61 bits per heavy atom. The third-order valence-electron chi connectivity index (χ3n) is 2.58. The minimum atomic E-state index is -0.619. The average Bonchev–Trinajstić information content (AvgIpc) is 2.84. The van der Waals surface area contributed by atoms with Gasteiger partial charge in [0.25, 0.3) is 5.91 Å². The van der Waals surface area contributed by atoms with Gasteiger partial charge < -0.3 is 10.5 Å². The van der Waals surface area contributed by atoms with Gasteiger partial charge in [-0.1, -0.05) is 23.8 Å². The van der Waals surface area contributed by atoms with Gasteiger partial charge in [0.05, 0.1) is 0 Å². The number of ether oxygens (including phenoxy) is 1. The molecule has 4 heteroatoms. The third-order valence-corrected chi connectivity index (χ3v) is 3.48. The molecule has 1 amide bonds. The van der Waals surface area contributed by atoms with Crippen LogP contribution in [0.5, 0.6) is 5.75 Å². The van der Waals surface area contributed by atoms with Crippen LogP contribution in [0.1, 0.15) is 10.4 Å². The Balaban J connectivity index is 2.06. The van der Waals surface area contributed by atoms with Gasteiger partial charge in [-0.05, 0) is 30.5 Å². The Morgan fingerprint density at radius 1 is 1.33 bits per heavy atom. The molecule has 2 aromatic rings. The number of carbonyl (C=O) groups is 1. The highest BCUT2D eigenvalue weighted by molar-refractivity contribution is 7.09. The minimum Gasteiger partial charge on any atom is -0.480 e. The molecule has 1 atom stereocenters. The van der Waals surface area contributed by atoms with Crippen molar-refractivity contribution in [3.05, 3.63) is 52.2 Å². The summed E-state index contributed by atoms with van der Waals surface area (Å²) < 4.78 is 5.64. The molecule has 3 nitrogen and oxygen atoms in total. The summed E-state index contributed by atoms with van der Waals surface area (Å²) >= 11 is 1.59. The summed E-state index contributed by atoms with van der Waals surface area (Å²) in [4.78, 5) is 12.5. The van der Waals surface area contributed by atoms with Crippen LogP contribution in [-0.4, -0.2) is 12.0 Å². The second-order valence-electron chi connectivity index (χ2n) is 4.11. The Bertz CT molecular complexity index is 505. The lowest BCUT2D eigenvalue weighted by molar-refractivity contribution is -0.124. The van der Waals surface area contributed by atoms with Crippen molar-refractivity contribution in [3.8, 4) is 5.75 Å². The van der Waals surface area contributed by atoms with Gasteiger partial charge in [-0.2, -0.15) is 0 Å². The number of nitrogens with two attached hydrogens (primary N) is 1. The van der Waals surface area contributed by atoms with Crippen LogP contribution in [0.2, 0.25) is 0 Å². The van der Waals surface area contributed by atoms with E-state index >= 15 is 0 Å². The molecule has 2 rings (SSSR count). The van der Waals surface area contributed by atoms with Crippen LogP contribution in [0.15, 0.2) is 41.8 Å². The number of amides is 1. The first-order valence-corrected chi connectivity index (χ1v) is 6.58. The van der Waals surface area contributed by atoms with E-state index in [1.165, 1.54) is 0 Å². The van der Waals surface area contributed by atoms with Crippen molar-refractivity contribution in [2.45, 2.75) is 19.4 Å². The summed E-state index contributed by atoms with van der Waals surface area (Å²) in [5.74, 6) is 0.227. The summed E-state index contributed by atoms with van der Waals surface area (Å²) in [6.07, 6.45) is -0.104. The molecule has 0 saturated heterocycles. The molecular formula is C14H15NO2S. The molecule has 0 bridgehead atoms. The van der Waals surface area contributed by atoms with Crippen LogP contribution in [0.25, 0.3) is 0 Å². The number of hydrogen-bond donors (Lipinski definition) is 1. The molecular weight excluding hydrogens is 246 g/mol. The number of hydrogen-bond acceptors (Lipinski definition) is 3. The Kier molecular flexibility index (Phi) is 3.99. The molecule has 1 aromatic carbocycles. The second-order valence-corrected chi connectivity index (χ2v) is 5.14. The van der Waals surface area contributed by atoms with Gasteiger partial charge in [0.2, 0.25) is 0 Å². The highest BCUT2D eigenvalue weighted by Crippen LogP contribution is 2.17. The van der Waals surface area contributed by atoms with E-state index in [1.54, 1.807) is 11.3 Å². The molecule has 0 saturated carbocycles. The zero-order valence-corrected chi connectivity index (χ0v) is 10.9. The first kappa shape index (κ1) is 12.6. The molecule has 18 heavy (non-hydrogen) atoms. The normalized spacial score (nSPS) is 12.1. The van der Waals surface area contributed by atoms with Crippen molar-refractivity contribution >= 4 is 17.2 Å². The molecule has 0 aliphatic rings. The standard InChI is InChI=1S/C14H15NO2S/c1-10-4-6-11(7-5-10)17-13(14(15)16)9-12-3-2-8-18-12/h2-8,13H,9H2,1H3,(H2,15,16). The maximum Gasteiger partial charge on any atom is 0.258 e. The number of carbonyl (C=O) groups excluding carboxylic acids is 1. The van der Waals surface area contributed by atoms with E-state index in [0.717, 1.165) is 10.4 Å². The zero-order chi connectivity index (χ0) is 13.0. The van der Waals surface area contributed by atoms with Crippen LogP contribution in [0.4, 0.5) is 0 Å². The minimum absolute atomic E-state index is 0.441. The van der Waals surface area contributed by atoms with E-state index in [4.69, 9.17) is 10.5 Å². The van der Waals surface area contributed by atoms with Crippen LogP contribution < -0.4 is 10.5 Å². The van der Waals surface area contributed by atoms with Crippen molar-refractivity contribution in [1.29, 1.82) is 0 Å². The van der Waals surface area contributed by atoms with E-state index in [9.17, 15) is 4.79 Å². The summed E-state index contributed by atoms with van der Waals surface area (Å²) in [5, 5.41) is 1.97. The molecule has 1 unspecified atom stereocenters. The van der Waals surface area contributed by atoms with Gasteiger partial charge in [0.1, 0.15) is 5.75 Å². The molecule has 94 valence electrons. The Hall–Kier alpha value is -1.81. The third kappa shape index (κ3) is 3.34. The predicted octanol–water partition coefficient (Wildman–Crippen LogP) is 2.53. The lowest BCUT2D eigenvalue weighted by atomic mass is 10.2. The Morgan fingerprint density at radius 2 is 2.06 bits per heavy atom. The monoisotopic (exact) mass is 261 g/mol. The number of thiophene rings is 1. The predicted molar refractivity (Wildman–Crippen MR) is 72.8 cm³/mol. The van der Waals surface area contributed by atoms with Crippen LogP contribution in [-0.2, 0) is 11.2 Å². The molecule has 0 spiro atoms. The quantitative estimate of drug-likeness (QED) is 0.899. The topological polar surface area (TPSA) is 52.3 Å². The lowest BCUT2D eigenvalue weighted by Gasteiger charge is -2.15. The smallest absolute Gasteiger partial charge is 0.258 e. The number of benzene rings is 1. The van der Waals surface area contributed by atoms with Crippen LogP contribution in [0, 0.1) is 6.92 Å². The van der Waals surface area contributed by atoms with Crippen molar-refractivity contribution in [2.75, 3.05) is 0 Å². The van der Waals surface area contributed by atoms with Gasteiger partial charge in [-0.25, -0.2) is 0 Å². The fourth-order valence-electron chi connectivity index (χ4n) is 1.59. The second kappa shape index (κ2) is 5.69. The molecule has 1 heterocycles. The van der Waals surface area contributed by atoms with E-state index in [-0.39, 0.29) is 0 Å². The summed E-state index contributed by atoms with van der Waals surface area (Å²) in [7, 11) is 0. The van der Waals surface area contributed by atoms with Crippen molar-refractivity contribution < 1.29 is 9.53 Å². The number of primary amides is 1. The van der Waals surface area contributed by atoms with Crippen LogP contribution >= 0.6 is 11.3 Å². The number of rotatable bonds is 5. The first-order chi connectivity index (χ1) is 8.65. The van der Waals surface area contributed by atoms with E-state index in [2.05, 4.69) is 0 Å². The first-order valence-electron chi connectivity index (χ1n) is 5.70. The fourth-order valence-corrected chi connectivity index (χ4v) is 2.33. The fraction of sp³-hybridized carbons (Fsp3) is 0.214. The molecule has 0 aliphatic heterocycles. The average molecular weight is 261 g/mol. The summed E-state index contributed by atoms with van der Waals surface area (Å²) in [6.45, 7) is 2.00. The zero-order valence-electron chi connectivity index (χ0n) is 10.1. The molecule has 2 N–H and O–H groups in total. The maximum absolute atomic E-state index is 11.4. The molecule has 0 radical (unpaired) electrons. The summed E-state index contributed by atoms with van der Waals surface area (Å²) in [6, 6.07) is 11.5. The van der Waals surface area contributed by atoms with Gasteiger partial charge in [0, 0.05) is 11.3 Å². The van der Waals surface area contributed by atoms with E-state index in [1.807, 2.05) is 48.7 Å². The van der Waals surface area contributed by atoms with Gasteiger partial charge >= 0.3 is 0 Å². The van der Waals surface area contributed by atoms with E-state index < -0.39 is 12.0 Å². The van der Waals surface area contributed by atoms with Crippen LogP contribution in [0.3, 0.4) is 0 Å². The lowest BCUT2D eigenvalue weighted by Crippen LogP contribution is -2.35. The van der Waals surface area contributed by atoms with Crippen molar-refractivity contribution in [2.24, 2.45) is 5.73 Å². The van der Waals surface area contributed by atoms with Crippen molar-refractivity contribution in [1.82, 2.24) is 0 Å². The summed E-state index contributed by atoms with van der Waals surface area (Å²) in [5.41, 5.74) is 6.52. The highest BCUT2D eigenvalue weighted by atomic mass is 32.1. The van der Waals surface area contributed by atoms with Crippen molar-refractivity contribution in [3.63, 3.8) is 0 Å². The SMILES string of the molecule is Cc1ccc(OC(Cc2cccs2)C(N)=O)cc1. The molecule has 0 aliphatic carbocycles. The maximum atomic E-state index is 11.4. The van der Waals surface area contributed by atoms with Gasteiger partial charge in [-0.3, -0.25) is 4.79 Å². The number of aryl methyl sites for hydroxylation is 1. The van der Waals surface area contributed by atoms with E-state index in [0.29, 0.717) is 12.2 Å². The van der Waals surface area contributed by atoms with Gasteiger partial charge in [-0.15, -0.1) is 11.3 Å². The highest BCUT2D eigenvalue weighted by Gasteiger charge is 2.18. The largest absolute Gasteiger partial charge is 0.480 e.